The van der Waals surface area contributed by atoms with Gasteiger partial charge in [0.2, 0.25) is 5.91 Å². The number of rotatable bonds is 6. The maximum atomic E-state index is 11.6. The van der Waals surface area contributed by atoms with E-state index >= 15 is 0 Å². The van der Waals surface area contributed by atoms with Crippen molar-refractivity contribution in [1.29, 1.82) is 0 Å². The van der Waals surface area contributed by atoms with E-state index in [4.69, 9.17) is 9.84 Å². The topological polar surface area (TPSA) is 58.6 Å². The quantitative estimate of drug-likeness (QED) is 0.794. The molecule has 1 amide bonds. The number of hydrogen-bond donors (Lipinski definition) is 2. The zero-order valence-corrected chi connectivity index (χ0v) is 11.3. The van der Waals surface area contributed by atoms with Crippen molar-refractivity contribution in [2.45, 2.75) is 19.3 Å². The van der Waals surface area contributed by atoms with Gasteiger partial charge in [0.25, 0.3) is 0 Å². The number of benzene rings is 1. The molecule has 0 heterocycles. The fourth-order valence-corrected chi connectivity index (χ4v) is 1.75. The fourth-order valence-electron chi connectivity index (χ4n) is 1.39. The number of carbonyl (C=O) groups excluding carboxylic acids is 1. The van der Waals surface area contributed by atoms with Gasteiger partial charge in [-0.05, 0) is 31.0 Å². The molecule has 1 aromatic rings. The summed E-state index contributed by atoms with van der Waals surface area (Å²) in [4.78, 5) is 11.6. The van der Waals surface area contributed by atoms with Crippen molar-refractivity contribution < 1.29 is 14.6 Å². The average molecular weight is 302 g/mol. The summed E-state index contributed by atoms with van der Waals surface area (Å²) in [6.45, 7) is 0.119. The highest BCUT2D eigenvalue weighted by atomic mass is 79.9. The molecule has 0 fully saturated rings. The van der Waals surface area contributed by atoms with Crippen LogP contribution in [-0.2, 0) is 4.79 Å². The van der Waals surface area contributed by atoms with E-state index < -0.39 is 0 Å². The summed E-state index contributed by atoms with van der Waals surface area (Å²) in [5.74, 6) is 0.554. The number of aliphatic hydroxyl groups excluding tert-OH is 1. The highest BCUT2D eigenvalue weighted by Gasteiger charge is 2.07. The lowest BCUT2D eigenvalue weighted by atomic mass is 10.2. The molecule has 94 valence electrons. The predicted octanol–water partition coefficient (Wildman–Crippen LogP) is 2.56. The second-order valence-electron chi connectivity index (χ2n) is 3.57. The van der Waals surface area contributed by atoms with E-state index in [9.17, 15) is 4.79 Å². The number of ether oxygens (including phenoxy) is 1. The number of carbonyl (C=O) groups is 1. The molecule has 0 unspecified atom stereocenters. The Morgan fingerprint density at radius 1 is 1.47 bits per heavy atom. The molecule has 2 N–H and O–H groups in total. The van der Waals surface area contributed by atoms with E-state index in [1.54, 1.807) is 19.2 Å². The van der Waals surface area contributed by atoms with Gasteiger partial charge < -0.3 is 15.2 Å². The van der Waals surface area contributed by atoms with Crippen molar-refractivity contribution >= 4 is 27.5 Å². The van der Waals surface area contributed by atoms with Crippen LogP contribution in [0.1, 0.15) is 19.3 Å². The van der Waals surface area contributed by atoms with E-state index in [0.717, 1.165) is 4.47 Å². The van der Waals surface area contributed by atoms with Crippen LogP contribution in [0.3, 0.4) is 0 Å². The van der Waals surface area contributed by atoms with Crippen LogP contribution in [0.25, 0.3) is 0 Å². The van der Waals surface area contributed by atoms with E-state index in [1.807, 2.05) is 6.07 Å². The molecule has 17 heavy (non-hydrogen) atoms. The lowest BCUT2D eigenvalue weighted by molar-refractivity contribution is -0.116. The Morgan fingerprint density at radius 2 is 2.24 bits per heavy atom. The number of methoxy groups -OCH3 is 1. The number of halogens is 1. The first-order valence-electron chi connectivity index (χ1n) is 5.41. The minimum absolute atomic E-state index is 0.0742. The first kappa shape index (κ1) is 14.0. The largest absolute Gasteiger partial charge is 0.495 e. The standard InChI is InChI=1S/C12H16BrNO3/c1-17-11-6-5-9(13)8-10(11)14-12(16)4-2-3-7-15/h5-6,8,15H,2-4,7H2,1H3,(H,14,16). The van der Waals surface area contributed by atoms with Crippen molar-refractivity contribution in [3.8, 4) is 5.75 Å². The van der Waals surface area contributed by atoms with Crippen LogP contribution in [0.2, 0.25) is 0 Å². The third-order valence-electron chi connectivity index (χ3n) is 2.25. The number of unbranched alkanes of at least 4 members (excludes halogenated alkanes) is 1. The van der Waals surface area contributed by atoms with E-state index in [0.29, 0.717) is 30.7 Å². The minimum Gasteiger partial charge on any atom is -0.495 e. The third kappa shape index (κ3) is 4.75. The van der Waals surface area contributed by atoms with E-state index in [2.05, 4.69) is 21.2 Å². The maximum absolute atomic E-state index is 11.6. The molecule has 0 aliphatic rings. The fraction of sp³-hybridized carbons (Fsp3) is 0.417. The average Bonchev–Trinajstić information content (AvgIpc) is 2.29. The third-order valence-corrected chi connectivity index (χ3v) is 2.74. The summed E-state index contributed by atoms with van der Waals surface area (Å²) in [5.41, 5.74) is 0.649. The van der Waals surface area contributed by atoms with Crippen molar-refractivity contribution in [3.63, 3.8) is 0 Å². The second-order valence-corrected chi connectivity index (χ2v) is 4.49. The molecule has 0 aliphatic carbocycles. The molecule has 0 spiro atoms. The number of anilines is 1. The Balaban J connectivity index is 2.60. The smallest absolute Gasteiger partial charge is 0.224 e. The molecule has 0 bridgehead atoms. The molecule has 1 aromatic carbocycles. The second kappa shape index (κ2) is 7.29. The van der Waals surface area contributed by atoms with Crippen LogP contribution in [0.5, 0.6) is 5.75 Å². The normalized spacial score (nSPS) is 10.1. The molecule has 0 aromatic heterocycles. The van der Waals surface area contributed by atoms with Gasteiger partial charge in [0.15, 0.2) is 0 Å². The lowest BCUT2D eigenvalue weighted by Gasteiger charge is -2.10. The van der Waals surface area contributed by atoms with Gasteiger partial charge in [-0.15, -0.1) is 0 Å². The van der Waals surface area contributed by atoms with Gasteiger partial charge in [-0.1, -0.05) is 15.9 Å². The summed E-state index contributed by atoms with van der Waals surface area (Å²) in [7, 11) is 1.56. The summed E-state index contributed by atoms with van der Waals surface area (Å²) in [5, 5.41) is 11.4. The zero-order chi connectivity index (χ0) is 12.7. The monoisotopic (exact) mass is 301 g/mol. The van der Waals surface area contributed by atoms with Gasteiger partial charge in [0, 0.05) is 17.5 Å². The molecule has 0 aliphatic heterocycles. The minimum atomic E-state index is -0.0742. The Labute approximate surface area is 109 Å². The molecule has 5 heteroatoms. The molecule has 0 saturated heterocycles. The first-order chi connectivity index (χ1) is 8.17. The van der Waals surface area contributed by atoms with Gasteiger partial charge >= 0.3 is 0 Å². The summed E-state index contributed by atoms with van der Waals surface area (Å²) in [6, 6.07) is 5.43. The summed E-state index contributed by atoms with van der Waals surface area (Å²) >= 11 is 3.34. The Bertz CT molecular complexity index is 382. The number of amides is 1. The number of aliphatic hydroxyl groups is 1. The Morgan fingerprint density at radius 3 is 2.88 bits per heavy atom. The van der Waals surface area contributed by atoms with Crippen molar-refractivity contribution in [2.24, 2.45) is 0 Å². The van der Waals surface area contributed by atoms with Gasteiger partial charge in [0.05, 0.1) is 12.8 Å². The number of hydrogen-bond acceptors (Lipinski definition) is 3. The van der Waals surface area contributed by atoms with Crippen LogP contribution in [0.15, 0.2) is 22.7 Å². The summed E-state index contributed by atoms with van der Waals surface area (Å²) < 4.78 is 6.03. The van der Waals surface area contributed by atoms with Crippen LogP contribution in [-0.4, -0.2) is 24.7 Å². The zero-order valence-electron chi connectivity index (χ0n) is 9.70. The van der Waals surface area contributed by atoms with Gasteiger partial charge in [-0.25, -0.2) is 0 Å². The lowest BCUT2D eigenvalue weighted by Crippen LogP contribution is -2.12. The molecular formula is C12H16BrNO3. The Kier molecular flexibility index (Phi) is 6.00. The van der Waals surface area contributed by atoms with Crippen molar-refractivity contribution in [1.82, 2.24) is 0 Å². The van der Waals surface area contributed by atoms with Crippen LogP contribution < -0.4 is 10.1 Å². The molecule has 1 rings (SSSR count). The molecule has 4 nitrogen and oxygen atoms in total. The SMILES string of the molecule is COc1ccc(Br)cc1NC(=O)CCCCO. The first-order valence-corrected chi connectivity index (χ1v) is 6.21. The molecular weight excluding hydrogens is 286 g/mol. The van der Waals surface area contributed by atoms with E-state index in [1.165, 1.54) is 0 Å². The molecule has 0 atom stereocenters. The van der Waals surface area contributed by atoms with Crippen LogP contribution >= 0.6 is 15.9 Å². The summed E-state index contributed by atoms with van der Waals surface area (Å²) in [6.07, 6.45) is 1.72. The molecule has 0 saturated carbocycles. The van der Waals surface area contributed by atoms with Gasteiger partial charge in [-0.2, -0.15) is 0 Å². The Hall–Kier alpha value is -1.07. The van der Waals surface area contributed by atoms with Crippen LogP contribution in [0, 0.1) is 0 Å². The van der Waals surface area contributed by atoms with Crippen molar-refractivity contribution in [2.75, 3.05) is 19.0 Å². The van der Waals surface area contributed by atoms with Crippen LogP contribution in [0.4, 0.5) is 5.69 Å². The highest BCUT2D eigenvalue weighted by Crippen LogP contribution is 2.27. The van der Waals surface area contributed by atoms with E-state index in [-0.39, 0.29) is 12.5 Å². The van der Waals surface area contributed by atoms with Crippen molar-refractivity contribution in [3.05, 3.63) is 22.7 Å². The molecule has 0 radical (unpaired) electrons. The highest BCUT2D eigenvalue weighted by molar-refractivity contribution is 9.10. The van der Waals surface area contributed by atoms with Gasteiger partial charge in [0.1, 0.15) is 5.75 Å². The maximum Gasteiger partial charge on any atom is 0.224 e. The van der Waals surface area contributed by atoms with Gasteiger partial charge in [-0.3, -0.25) is 4.79 Å². The predicted molar refractivity (Wildman–Crippen MR) is 70.3 cm³/mol. The number of nitrogens with one attached hydrogen (secondary N) is 1.